The number of aliphatic carboxylic acids is 1. The van der Waals surface area contributed by atoms with Gasteiger partial charge < -0.3 is 10.4 Å². The molecular weight excluding hydrogens is 262 g/mol. The molecule has 2 aliphatic carbocycles. The van der Waals surface area contributed by atoms with Crippen LogP contribution in [0.3, 0.4) is 0 Å². The molecule has 1 saturated heterocycles. The van der Waals surface area contributed by atoms with Gasteiger partial charge in [-0.15, -0.1) is 0 Å². The van der Waals surface area contributed by atoms with Crippen molar-refractivity contribution >= 4 is 5.97 Å². The van der Waals surface area contributed by atoms with Crippen molar-refractivity contribution in [3.8, 4) is 0 Å². The molecule has 0 amide bonds. The summed E-state index contributed by atoms with van der Waals surface area (Å²) in [6.07, 6.45) is 10.3. The van der Waals surface area contributed by atoms with Gasteiger partial charge in [-0.1, -0.05) is 26.7 Å². The molecule has 3 fully saturated rings. The van der Waals surface area contributed by atoms with Crippen molar-refractivity contribution in [2.24, 2.45) is 23.7 Å². The lowest BCUT2D eigenvalue weighted by molar-refractivity contribution is -0.145. The zero-order valence-electron chi connectivity index (χ0n) is 14.0. The van der Waals surface area contributed by atoms with Crippen LogP contribution in [0.4, 0.5) is 0 Å². The summed E-state index contributed by atoms with van der Waals surface area (Å²) in [5, 5.41) is 12.5. The first kappa shape index (κ1) is 16.8. The van der Waals surface area contributed by atoms with Crippen LogP contribution in [0.2, 0.25) is 0 Å². The summed E-state index contributed by atoms with van der Waals surface area (Å²) in [6, 6.07) is 1.69. The zero-order chi connectivity index (χ0) is 15.4. The molecule has 122 valence electrons. The highest BCUT2D eigenvalue weighted by molar-refractivity contribution is 5.70. The van der Waals surface area contributed by atoms with E-state index in [1.165, 1.54) is 32.1 Å². The Morgan fingerprint density at radius 3 is 2.33 bits per heavy atom. The molecule has 0 spiro atoms. The predicted molar refractivity (Wildman–Crippen MR) is 86.3 cm³/mol. The molecule has 0 aromatic heterocycles. The van der Waals surface area contributed by atoms with Gasteiger partial charge in [0.05, 0.1) is 5.92 Å². The van der Waals surface area contributed by atoms with Gasteiger partial charge >= 0.3 is 5.97 Å². The predicted octanol–water partition coefficient (Wildman–Crippen LogP) is 4.07. The Morgan fingerprint density at radius 2 is 1.71 bits per heavy atom. The molecule has 3 rings (SSSR count). The molecule has 3 heteroatoms. The largest absolute Gasteiger partial charge is 0.481 e. The van der Waals surface area contributed by atoms with Crippen LogP contribution in [-0.2, 0) is 4.79 Å². The van der Waals surface area contributed by atoms with Gasteiger partial charge in [0.1, 0.15) is 0 Å². The van der Waals surface area contributed by atoms with E-state index in [9.17, 15) is 4.79 Å². The van der Waals surface area contributed by atoms with E-state index in [-0.39, 0.29) is 5.92 Å². The third-order valence-corrected chi connectivity index (χ3v) is 5.81. The summed E-state index contributed by atoms with van der Waals surface area (Å²) < 4.78 is 0. The maximum Gasteiger partial charge on any atom is 0.306 e. The number of carboxylic acids is 1. The fourth-order valence-electron chi connectivity index (χ4n) is 4.63. The van der Waals surface area contributed by atoms with E-state index in [0.29, 0.717) is 5.92 Å². The van der Waals surface area contributed by atoms with Crippen molar-refractivity contribution in [2.45, 2.75) is 84.2 Å². The summed E-state index contributed by atoms with van der Waals surface area (Å²) in [4.78, 5) is 10.7. The van der Waals surface area contributed by atoms with E-state index in [4.69, 9.17) is 5.11 Å². The fourth-order valence-corrected chi connectivity index (χ4v) is 4.63. The van der Waals surface area contributed by atoms with E-state index in [1.807, 2.05) is 0 Å². The topological polar surface area (TPSA) is 49.3 Å². The molecule has 0 radical (unpaired) electrons. The van der Waals surface area contributed by atoms with Crippen LogP contribution in [0.25, 0.3) is 0 Å². The zero-order valence-corrected chi connectivity index (χ0v) is 14.0. The number of carboxylic acid groups (broad SMARTS) is 1. The van der Waals surface area contributed by atoms with Gasteiger partial charge in [-0.3, -0.25) is 4.79 Å². The summed E-state index contributed by atoms with van der Waals surface area (Å²) in [5.74, 6) is 1.44. The Morgan fingerprint density at radius 1 is 1.00 bits per heavy atom. The number of hydrogen-bond acceptors (Lipinski definition) is 2. The van der Waals surface area contributed by atoms with Crippen molar-refractivity contribution in [2.75, 3.05) is 0 Å². The molecule has 0 aromatic rings. The first-order valence-electron chi connectivity index (χ1n) is 8.96. The van der Waals surface area contributed by atoms with Crippen LogP contribution in [0.5, 0.6) is 0 Å². The van der Waals surface area contributed by atoms with Crippen molar-refractivity contribution < 1.29 is 9.90 Å². The average Bonchev–Trinajstić information content (AvgIpc) is 2.78. The molecule has 21 heavy (non-hydrogen) atoms. The summed E-state index contributed by atoms with van der Waals surface area (Å²) in [5.41, 5.74) is 0. The van der Waals surface area contributed by atoms with Gasteiger partial charge in [-0.05, 0) is 63.2 Å². The highest BCUT2D eigenvalue weighted by Gasteiger charge is 2.32. The van der Waals surface area contributed by atoms with E-state index >= 15 is 0 Å². The lowest BCUT2D eigenvalue weighted by atomic mass is 9.76. The van der Waals surface area contributed by atoms with Crippen LogP contribution < -0.4 is 5.32 Å². The van der Waals surface area contributed by atoms with Crippen LogP contribution in [0.15, 0.2) is 0 Å². The van der Waals surface area contributed by atoms with Gasteiger partial charge in [-0.2, -0.15) is 0 Å². The van der Waals surface area contributed by atoms with Crippen molar-refractivity contribution in [3.63, 3.8) is 0 Å². The second-order valence-electron chi connectivity index (χ2n) is 7.79. The molecular formula is C18H33NO2. The molecule has 2 N–H and O–H groups in total. The SMILES string of the molecule is CC1CC2CCCCC2N1.CC1CCC(C(=O)O)C(C)C1. The molecule has 0 aromatic carbocycles. The molecule has 1 aliphatic heterocycles. The number of carbonyl (C=O) groups is 1. The van der Waals surface area contributed by atoms with E-state index in [0.717, 1.165) is 43.2 Å². The molecule has 1 heterocycles. The van der Waals surface area contributed by atoms with Gasteiger partial charge in [0.15, 0.2) is 0 Å². The highest BCUT2D eigenvalue weighted by Crippen LogP contribution is 2.33. The van der Waals surface area contributed by atoms with Crippen LogP contribution in [0.1, 0.15) is 72.1 Å². The van der Waals surface area contributed by atoms with E-state index < -0.39 is 5.97 Å². The molecule has 0 bridgehead atoms. The lowest BCUT2D eigenvalue weighted by Crippen LogP contribution is -2.31. The van der Waals surface area contributed by atoms with Crippen molar-refractivity contribution in [1.29, 1.82) is 0 Å². The number of rotatable bonds is 1. The van der Waals surface area contributed by atoms with Crippen LogP contribution in [0, 0.1) is 23.7 Å². The minimum Gasteiger partial charge on any atom is -0.481 e. The van der Waals surface area contributed by atoms with Crippen molar-refractivity contribution in [1.82, 2.24) is 5.32 Å². The Labute approximate surface area is 129 Å². The Bertz CT molecular complexity index is 330. The summed E-state index contributed by atoms with van der Waals surface area (Å²) >= 11 is 0. The second kappa shape index (κ2) is 7.62. The minimum atomic E-state index is -0.607. The highest BCUT2D eigenvalue weighted by atomic mass is 16.4. The minimum absolute atomic E-state index is 0.0776. The Hall–Kier alpha value is -0.570. The smallest absolute Gasteiger partial charge is 0.306 e. The molecule has 2 saturated carbocycles. The molecule has 3 nitrogen and oxygen atoms in total. The summed E-state index contributed by atoms with van der Waals surface area (Å²) in [7, 11) is 0. The maximum atomic E-state index is 10.7. The molecule has 3 aliphatic rings. The van der Waals surface area contributed by atoms with Gasteiger partial charge in [0.25, 0.3) is 0 Å². The Kier molecular flexibility index (Phi) is 6.09. The number of nitrogens with one attached hydrogen (secondary N) is 1. The lowest BCUT2D eigenvalue weighted by Gasteiger charge is -2.29. The molecule has 6 atom stereocenters. The van der Waals surface area contributed by atoms with Gasteiger partial charge in [-0.25, -0.2) is 0 Å². The third-order valence-electron chi connectivity index (χ3n) is 5.81. The summed E-state index contributed by atoms with van der Waals surface area (Å²) in [6.45, 7) is 6.57. The molecule has 6 unspecified atom stereocenters. The maximum absolute atomic E-state index is 10.7. The van der Waals surface area contributed by atoms with Crippen LogP contribution >= 0.6 is 0 Å². The van der Waals surface area contributed by atoms with Gasteiger partial charge in [0, 0.05) is 12.1 Å². The second-order valence-corrected chi connectivity index (χ2v) is 7.79. The average molecular weight is 295 g/mol. The van der Waals surface area contributed by atoms with E-state index in [1.54, 1.807) is 0 Å². The Balaban J connectivity index is 0.000000154. The normalized spacial score (nSPS) is 42.6. The van der Waals surface area contributed by atoms with Gasteiger partial charge in [0.2, 0.25) is 0 Å². The van der Waals surface area contributed by atoms with Crippen molar-refractivity contribution in [3.05, 3.63) is 0 Å². The van der Waals surface area contributed by atoms with Crippen LogP contribution in [-0.4, -0.2) is 23.2 Å². The monoisotopic (exact) mass is 295 g/mol. The first-order chi connectivity index (χ1) is 9.97. The third kappa shape index (κ3) is 4.70. The standard InChI is InChI=1S/C9H17N.C9H16O2/c1-7-6-8-4-2-3-5-9(8)10-7;1-6-3-4-8(9(10)11)7(2)5-6/h7-10H,2-6H2,1H3;6-8H,3-5H2,1-2H3,(H,10,11). The quantitative estimate of drug-likeness (QED) is 0.766. The van der Waals surface area contributed by atoms with E-state index in [2.05, 4.69) is 26.1 Å². The number of fused-ring (bicyclic) bond motifs is 1. The first-order valence-corrected chi connectivity index (χ1v) is 8.96. The fraction of sp³-hybridized carbons (Fsp3) is 0.944. The number of hydrogen-bond donors (Lipinski definition) is 2.